The molecule has 1 aliphatic heterocycles. The van der Waals surface area contributed by atoms with E-state index in [1.807, 2.05) is 0 Å². The summed E-state index contributed by atoms with van der Waals surface area (Å²) in [7, 11) is 1.54. The minimum Gasteiger partial charge on any atom is -0.452 e. The number of amides is 3. The highest BCUT2D eigenvalue weighted by molar-refractivity contribution is 5.90. The van der Waals surface area contributed by atoms with Gasteiger partial charge in [0, 0.05) is 13.6 Å². The Hall–Kier alpha value is -2.42. The van der Waals surface area contributed by atoms with Crippen molar-refractivity contribution >= 4 is 23.7 Å². The van der Waals surface area contributed by atoms with Gasteiger partial charge in [-0.1, -0.05) is 19.9 Å². The molecule has 1 saturated heterocycles. The molecule has 0 aromatic carbocycles. The lowest BCUT2D eigenvalue weighted by atomic mass is 10.1. The van der Waals surface area contributed by atoms with Gasteiger partial charge in [-0.3, -0.25) is 24.2 Å². The second-order valence-corrected chi connectivity index (χ2v) is 6.81. The average molecular weight is 382 g/mol. The number of esters is 1. The smallest absolute Gasteiger partial charge is 0.310 e. The number of nitrogens with zero attached hydrogens (tertiary/aromatic N) is 1. The van der Waals surface area contributed by atoms with E-state index < -0.39 is 30.1 Å². The first-order chi connectivity index (χ1) is 12.7. The highest BCUT2D eigenvalue weighted by atomic mass is 16.5. The van der Waals surface area contributed by atoms with Crippen molar-refractivity contribution in [1.29, 1.82) is 0 Å². The zero-order chi connectivity index (χ0) is 20.6. The van der Waals surface area contributed by atoms with E-state index >= 15 is 0 Å². The number of hydrazine groups is 1. The van der Waals surface area contributed by atoms with Crippen molar-refractivity contribution in [3.63, 3.8) is 0 Å². The number of ether oxygens (including phenoxy) is 1. The molecule has 3 N–H and O–H groups in total. The maximum absolute atomic E-state index is 12.6. The van der Waals surface area contributed by atoms with Gasteiger partial charge in [-0.2, -0.15) is 0 Å². The zero-order valence-electron chi connectivity index (χ0n) is 16.4. The van der Waals surface area contributed by atoms with Gasteiger partial charge in [-0.05, 0) is 25.7 Å². The molecule has 0 saturated carbocycles. The van der Waals surface area contributed by atoms with E-state index in [-0.39, 0.29) is 24.2 Å². The van der Waals surface area contributed by atoms with Gasteiger partial charge in [0.25, 0.3) is 11.8 Å². The van der Waals surface area contributed by atoms with Crippen LogP contribution in [0.15, 0.2) is 12.7 Å². The van der Waals surface area contributed by atoms with Gasteiger partial charge in [-0.25, -0.2) is 5.43 Å². The summed E-state index contributed by atoms with van der Waals surface area (Å²) in [5.41, 5.74) is 2.88. The van der Waals surface area contributed by atoms with Crippen LogP contribution in [0, 0.1) is 5.92 Å². The minimum atomic E-state index is -0.999. The molecule has 1 heterocycles. The summed E-state index contributed by atoms with van der Waals surface area (Å²) in [5.74, 6) is -1.91. The molecule has 0 bridgehead atoms. The lowest BCUT2D eigenvalue weighted by Gasteiger charge is -2.34. The lowest BCUT2D eigenvalue weighted by molar-refractivity contribution is -0.158. The van der Waals surface area contributed by atoms with Crippen LogP contribution in [-0.4, -0.2) is 60.5 Å². The van der Waals surface area contributed by atoms with Crippen LogP contribution >= 0.6 is 0 Å². The van der Waals surface area contributed by atoms with Crippen LogP contribution in [0.5, 0.6) is 0 Å². The third-order valence-corrected chi connectivity index (χ3v) is 4.18. The molecule has 0 radical (unpaired) electrons. The molecule has 0 aliphatic carbocycles. The molecule has 9 nitrogen and oxygen atoms in total. The van der Waals surface area contributed by atoms with Crippen molar-refractivity contribution in [3.8, 4) is 0 Å². The van der Waals surface area contributed by atoms with Crippen molar-refractivity contribution in [1.82, 2.24) is 21.1 Å². The number of nitrogens with one attached hydrogen (secondary N) is 3. The number of rotatable bonds is 8. The van der Waals surface area contributed by atoms with Gasteiger partial charge in [-0.15, -0.1) is 6.58 Å². The Morgan fingerprint density at radius 3 is 2.52 bits per heavy atom. The Morgan fingerprint density at radius 1 is 1.30 bits per heavy atom. The van der Waals surface area contributed by atoms with Gasteiger partial charge >= 0.3 is 5.97 Å². The van der Waals surface area contributed by atoms with Crippen LogP contribution in [0.2, 0.25) is 0 Å². The van der Waals surface area contributed by atoms with Gasteiger partial charge < -0.3 is 15.4 Å². The maximum atomic E-state index is 12.6. The number of hydrogen-bond donors (Lipinski definition) is 3. The van der Waals surface area contributed by atoms with Crippen LogP contribution in [-0.2, 0) is 23.9 Å². The largest absolute Gasteiger partial charge is 0.452 e. The second-order valence-electron chi connectivity index (χ2n) is 6.81. The fourth-order valence-corrected chi connectivity index (χ4v) is 2.70. The molecular formula is C18H30N4O5. The molecule has 0 spiro atoms. The first kappa shape index (κ1) is 22.6. The molecule has 0 aromatic heterocycles. The van der Waals surface area contributed by atoms with Gasteiger partial charge in [0.05, 0.1) is 6.42 Å². The molecule has 1 rings (SSSR count). The number of carbonyl (C=O) groups is 4. The molecule has 9 heteroatoms. The quantitative estimate of drug-likeness (QED) is 0.398. The highest BCUT2D eigenvalue weighted by Crippen LogP contribution is 2.11. The van der Waals surface area contributed by atoms with Crippen molar-refractivity contribution in [2.45, 2.75) is 58.2 Å². The van der Waals surface area contributed by atoms with Crippen LogP contribution in [0.25, 0.3) is 0 Å². The number of hydrogen-bond acceptors (Lipinski definition) is 6. The summed E-state index contributed by atoms with van der Waals surface area (Å²) in [6.07, 6.45) is 1.70. The predicted molar refractivity (Wildman–Crippen MR) is 99.1 cm³/mol. The second kappa shape index (κ2) is 10.7. The Morgan fingerprint density at radius 2 is 1.96 bits per heavy atom. The molecule has 0 aromatic rings. The normalized spacial score (nSPS) is 19.0. The predicted octanol–water partition coefficient (Wildman–Crippen LogP) is -0.123. The van der Waals surface area contributed by atoms with Crippen molar-refractivity contribution in [2.75, 3.05) is 13.6 Å². The highest BCUT2D eigenvalue weighted by Gasteiger charge is 2.32. The van der Waals surface area contributed by atoms with Gasteiger partial charge in [0.2, 0.25) is 5.91 Å². The minimum absolute atomic E-state index is 0.00353. The molecule has 3 atom stereocenters. The number of carbonyl (C=O) groups excluding carboxylic acids is 4. The molecule has 3 amide bonds. The summed E-state index contributed by atoms with van der Waals surface area (Å²) in [6.45, 7) is 8.94. The standard InChI is InChI=1S/C18H30N4O5/c1-6-8-14(23)27-15(11(2)3)17(25)20-12(4)18(26)22-10-7-9-13(21-22)16(24)19-5/h6,11-13,15,21H,1,7-10H2,2-5H3,(H,19,24)(H,20,25)/t12-,13-,15-/m0/s1. The van der Waals surface area contributed by atoms with E-state index in [1.54, 1.807) is 20.8 Å². The molecule has 1 fully saturated rings. The van der Waals surface area contributed by atoms with Gasteiger partial charge in [0.1, 0.15) is 12.1 Å². The van der Waals surface area contributed by atoms with E-state index in [2.05, 4.69) is 22.6 Å². The summed E-state index contributed by atoms with van der Waals surface area (Å²) in [4.78, 5) is 48.5. The van der Waals surface area contributed by atoms with E-state index in [9.17, 15) is 19.2 Å². The molecule has 27 heavy (non-hydrogen) atoms. The van der Waals surface area contributed by atoms with Crippen molar-refractivity contribution in [3.05, 3.63) is 12.7 Å². The van der Waals surface area contributed by atoms with E-state index in [4.69, 9.17) is 4.74 Å². The van der Waals surface area contributed by atoms with Crippen LogP contribution in [0.1, 0.15) is 40.0 Å². The van der Waals surface area contributed by atoms with Crippen LogP contribution in [0.4, 0.5) is 0 Å². The SMILES string of the molecule is C=CCC(=O)O[C@H](C(=O)N[C@@H](C)C(=O)N1CCC[C@@H](C(=O)NC)N1)C(C)C. The third kappa shape index (κ3) is 6.67. The average Bonchev–Trinajstić information content (AvgIpc) is 2.64. The maximum Gasteiger partial charge on any atom is 0.310 e. The van der Waals surface area contributed by atoms with Crippen molar-refractivity contribution in [2.24, 2.45) is 5.92 Å². The molecule has 1 aliphatic rings. The van der Waals surface area contributed by atoms with E-state index in [1.165, 1.54) is 18.1 Å². The molecular weight excluding hydrogens is 352 g/mol. The monoisotopic (exact) mass is 382 g/mol. The lowest BCUT2D eigenvalue weighted by Crippen LogP contribution is -2.61. The van der Waals surface area contributed by atoms with Crippen LogP contribution < -0.4 is 16.1 Å². The molecule has 152 valence electrons. The summed E-state index contributed by atoms with van der Waals surface area (Å²) < 4.78 is 5.19. The first-order valence-corrected chi connectivity index (χ1v) is 9.11. The Balaban J connectivity index is 2.68. The fraction of sp³-hybridized carbons (Fsp3) is 0.667. The fourth-order valence-electron chi connectivity index (χ4n) is 2.70. The van der Waals surface area contributed by atoms with E-state index in [0.717, 1.165) is 0 Å². The Kier molecular flexibility index (Phi) is 8.93. The summed E-state index contributed by atoms with van der Waals surface area (Å²) in [6, 6.07) is -1.33. The Labute approximate surface area is 159 Å². The molecule has 0 unspecified atom stereocenters. The number of likely N-dealkylation sites (N-methyl/N-ethyl adjacent to an activating group) is 1. The van der Waals surface area contributed by atoms with E-state index in [0.29, 0.717) is 19.4 Å². The van der Waals surface area contributed by atoms with Crippen LogP contribution in [0.3, 0.4) is 0 Å². The summed E-state index contributed by atoms with van der Waals surface area (Å²) >= 11 is 0. The summed E-state index contributed by atoms with van der Waals surface area (Å²) in [5, 5.41) is 6.49. The zero-order valence-corrected chi connectivity index (χ0v) is 16.4. The van der Waals surface area contributed by atoms with Gasteiger partial charge in [0.15, 0.2) is 6.10 Å². The van der Waals surface area contributed by atoms with Crippen molar-refractivity contribution < 1.29 is 23.9 Å². The topological polar surface area (TPSA) is 117 Å². The Bertz CT molecular complexity index is 578. The first-order valence-electron chi connectivity index (χ1n) is 9.11. The third-order valence-electron chi connectivity index (χ3n) is 4.18.